The van der Waals surface area contributed by atoms with E-state index in [1.165, 1.54) is 11.1 Å². The maximum absolute atomic E-state index is 13.3. The highest BCUT2D eigenvalue weighted by Crippen LogP contribution is 2.32. The van der Waals surface area contributed by atoms with E-state index in [9.17, 15) is 4.79 Å². The number of carbonyl (C=O) groups is 1. The lowest BCUT2D eigenvalue weighted by molar-refractivity contribution is -0.117. The van der Waals surface area contributed by atoms with E-state index >= 15 is 0 Å². The van der Waals surface area contributed by atoms with Gasteiger partial charge >= 0.3 is 0 Å². The molecule has 0 aliphatic carbocycles. The van der Waals surface area contributed by atoms with E-state index in [-0.39, 0.29) is 11.8 Å². The van der Waals surface area contributed by atoms with Gasteiger partial charge in [0.1, 0.15) is 17.2 Å². The van der Waals surface area contributed by atoms with Gasteiger partial charge in [0.2, 0.25) is 5.91 Å². The molecule has 0 bridgehead atoms. The number of amides is 1. The zero-order valence-electron chi connectivity index (χ0n) is 17.9. The molecule has 4 aromatic rings. The SMILES string of the molecule is CCC(C(=O)Nc1c(-c2cc(C)cc(C)c2)nc2cc(C)ccn12)c1ccccc1. The monoisotopic (exact) mass is 397 g/mol. The summed E-state index contributed by atoms with van der Waals surface area (Å²) in [7, 11) is 0. The molecule has 4 heteroatoms. The molecule has 152 valence electrons. The maximum atomic E-state index is 13.3. The molecule has 30 heavy (non-hydrogen) atoms. The largest absolute Gasteiger partial charge is 0.309 e. The zero-order valence-corrected chi connectivity index (χ0v) is 17.9. The molecular weight excluding hydrogens is 370 g/mol. The van der Waals surface area contributed by atoms with Gasteiger partial charge in [0, 0.05) is 11.8 Å². The van der Waals surface area contributed by atoms with Crippen LogP contribution < -0.4 is 5.32 Å². The molecule has 4 rings (SSSR count). The van der Waals surface area contributed by atoms with Crippen molar-refractivity contribution in [3.8, 4) is 11.3 Å². The smallest absolute Gasteiger partial charge is 0.233 e. The summed E-state index contributed by atoms with van der Waals surface area (Å²) in [6.45, 7) is 8.25. The number of hydrogen-bond acceptors (Lipinski definition) is 2. The number of imidazole rings is 1. The van der Waals surface area contributed by atoms with Crippen molar-refractivity contribution in [1.29, 1.82) is 0 Å². The molecule has 2 aromatic carbocycles. The molecule has 0 saturated carbocycles. The minimum Gasteiger partial charge on any atom is -0.309 e. The van der Waals surface area contributed by atoms with Gasteiger partial charge in [-0.1, -0.05) is 54.4 Å². The minimum absolute atomic E-state index is 0.0169. The number of nitrogens with one attached hydrogen (secondary N) is 1. The van der Waals surface area contributed by atoms with Crippen LogP contribution in [0.4, 0.5) is 5.82 Å². The molecule has 4 nitrogen and oxygen atoms in total. The Hall–Kier alpha value is -3.40. The lowest BCUT2D eigenvalue weighted by Gasteiger charge is -2.16. The second-order valence-corrected chi connectivity index (χ2v) is 7.98. The summed E-state index contributed by atoms with van der Waals surface area (Å²) in [6, 6.07) is 20.4. The summed E-state index contributed by atoms with van der Waals surface area (Å²) >= 11 is 0. The van der Waals surface area contributed by atoms with Crippen molar-refractivity contribution in [2.45, 2.75) is 40.0 Å². The quantitative estimate of drug-likeness (QED) is 0.445. The van der Waals surface area contributed by atoms with Crippen LogP contribution in [0.15, 0.2) is 66.9 Å². The summed E-state index contributed by atoms with van der Waals surface area (Å²) in [6.07, 6.45) is 2.70. The van der Waals surface area contributed by atoms with Gasteiger partial charge in [-0.05, 0) is 62.6 Å². The van der Waals surface area contributed by atoms with Crippen LogP contribution >= 0.6 is 0 Å². The number of aromatic nitrogens is 2. The summed E-state index contributed by atoms with van der Waals surface area (Å²) in [5.74, 6) is 0.486. The van der Waals surface area contributed by atoms with E-state index in [4.69, 9.17) is 4.98 Å². The highest BCUT2D eigenvalue weighted by molar-refractivity contribution is 5.98. The fourth-order valence-electron chi connectivity index (χ4n) is 4.04. The molecule has 0 fully saturated rings. The van der Waals surface area contributed by atoms with Gasteiger partial charge in [0.25, 0.3) is 0 Å². The topological polar surface area (TPSA) is 46.4 Å². The molecule has 1 unspecified atom stereocenters. The highest BCUT2D eigenvalue weighted by atomic mass is 16.2. The van der Waals surface area contributed by atoms with Crippen molar-refractivity contribution in [3.05, 3.63) is 89.1 Å². The van der Waals surface area contributed by atoms with Crippen molar-refractivity contribution in [3.63, 3.8) is 0 Å². The number of pyridine rings is 1. The van der Waals surface area contributed by atoms with Crippen molar-refractivity contribution in [1.82, 2.24) is 9.38 Å². The summed E-state index contributed by atoms with van der Waals surface area (Å²) in [5.41, 5.74) is 7.13. The third-order valence-electron chi connectivity index (χ3n) is 5.45. The van der Waals surface area contributed by atoms with E-state index in [1.54, 1.807) is 0 Å². The van der Waals surface area contributed by atoms with E-state index in [2.05, 4.69) is 37.4 Å². The Morgan fingerprint density at radius 1 is 0.967 bits per heavy atom. The number of carbonyl (C=O) groups excluding carboxylic acids is 1. The molecule has 0 aliphatic heterocycles. The molecule has 0 saturated heterocycles. The first-order valence-electron chi connectivity index (χ1n) is 10.4. The molecule has 1 atom stereocenters. The van der Waals surface area contributed by atoms with E-state index in [1.807, 2.05) is 66.9 Å². The van der Waals surface area contributed by atoms with Crippen molar-refractivity contribution >= 4 is 17.4 Å². The van der Waals surface area contributed by atoms with Gasteiger partial charge in [-0.25, -0.2) is 4.98 Å². The van der Waals surface area contributed by atoms with Crippen LogP contribution in [0.25, 0.3) is 16.9 Å². The molecule has 1 N–H and O–H groups in total. The van der Waals surface area contributed by atoms with Gasteiger partial charge < -0.3 is 5.32 Å². The summed E-state index contributed by atoms with van der Waals surface area (Å²) in [4.78, 5) is 18.2. The summed E-state index contributed by atoms with van der Waals surface area (Å²) in [5, 5.41) is 3.20. The van der Waals surface area contributed by atoms with Crippen LogP contribution in [0.3, 0.4) is 0 Å². The minimum atomic E-state index is -0.214. The van der Waals surface area contributed by atoms with Crippen LogP contribution in [0.5, 0.6) is 0 Å². The predicted molar refractivity (Wildman–Crippen MR) is 123 cm³/mol. The van der Waals surface area contributed by atoms with Gasteiger partial charge in [-0.2, -0.15) is 0 Å². The van der Waals surface area contributed by atoms with Gasteiger partial charge in [0.05, 0.1) is 5.92 Å². The van der Waals surface area contributed by atoms with Crippen molar-refractivity contribution in [2.75, 3.05) is 5.32 Å². The average Bonchev–Trinajstić information content (AvgIpc) is 3.06. The van der Waals surface area contributed by atoms with Crippen molar-refractivity contribution < 1.29 is 4.79 Å². The lowest BCUT2D eigenvalue weighted by Crippen LogP contribution is -2.22. The second-order valence-electron chi connectivity index (χ2n) is 7.98. The fraction of sp³-hybridized carbons (Fsp3) is 0.231. The average molecular weight is 398 g/mol. The molecule has 2 heterocycles. The number of benzene rings is 2. The Morgan fingerprint density at radius 2 is 1.67 bits per heavy atom. The molecule has 0 radical (unpaired) electrons. The molecular formula is C26H27N3O. The van der Waals surface area contributed by atoms with Crippen molar-refractivity contribution in [2.24, 2.45) is 0 Å². The molecule has 0 spiro atoms. The van der Waals surface area contributed by atoms with E-state index in [0.29, 0.717) is 0 Å². The second kappa shape index (κ2) is 8.15. The Balaban J connectivity index is 1.81. The normalized spacial score (nSPS) is 12.1. The van der Waals surface area contributed by atoms with E-state index in [0.717, 1.165) is 40.3 Å². The number of hydrogen-bond donors (Lipinski definition) is 1. The van der Waals surface area contributed by atoms with Crippen LogP contribution in [-0.4, -0.2) is 15.3 Å². The van der Waals surface area contributed by atoms with Gasteiger partial charge in [-0.3, -0.25) is 9.20 Å². The number of fused-ring (bicyclic) bond motifs is 1. The maximum Gasteiger partial charge on any atom is 0.233 e. The number of rotatable bonds is 5. The Morgan fingerprint density at radius 3 is 2.33 bits per heavy atom. The first-order valence-corrected chi connectivity index (χ1v) is 10.4. The first-order chi connectivity index (χ1) is 14.5. The zero-order chi connectivity index (χ0) is 21.3. The van der Waals surface area contributed by atoms with Crippen LogP contribution in [0, 0.1) is 20.8 Å². The molecule has 0 aliphatic rings. The lowest BCUT2D eigenvalue weighted by atomic mass is 9.95. The molecule has 1 amide bonds. The van der Waals surface area contributed by atoms with Crippen LogP contribution in [0.2, 0.25) is 0 Å². The van der Waals surface area contributed by atoms with E-state index < -0.39 is 0 Å². The Labute approximate surface area is 177 Å². The van der Waals surface area contributed by atoms with Crippen LogP contribution in [-0.2, 0) is 4.79 Å². The number of nitrogens with zero attached hydrogens (tertiary/aromatic N) is 2. The Bertz CT molecular complexity index is 1190. The summed E-state index contributed by atoms with van der Waals surface area (Å²) < 4.78 is 1.97. The number of aryl methyl sites for hydroxylation is 3. The highest BCUT2D eigenvalue weighted by Gasteiger charge is 2.23. The molecule has 2 aromatic heterocycles. The van der Waals surface area contributed by atoms with Crippen LogP contribution in [0.1, 0.15) is 41.5 Å². The Kier molecular flexibility index (Phi) is 5.40. The predicted octanol–water partition coefficient (Wildman–Crippen LogP) is 6.06. The third kappa shape index (κ3) is 3.86. The standard InChI is InChI=1S/C26H27N3O/c1-5-22(20-9-7-6-8-10-20)26(30)28-25-24(21-14-18(3)13-19(4)15-21)27-23-16-17(2)11-12-29(23)25/h6-16,22H,5H2,1-4H3,(H,28,30). The third-order valence-corrected chi connectivity index (χ3v) is 5.45. The van der Waals surface area contributed by atoms with Gasteiger partial charge in [0.15, 0.2) is 0 Å². The first kappa shape index (κ1) is 19.9. The van der Waals surface area contributed by atoms with Gasteiger partial charge in [-0.15, -0.1) is 0 Å². The fourth-order valence-corrected chi connectivity index (χ4v) is 4.04. The number of anilines is 1.